The normalized spacial score (nSPS) is 28.8. The zero-order valence-corrected chi connectivity index (χ0v) is 11.2. The van der Waals surface area contributed by atoms with E-state index in [1.807, 2.05) is 0 Å². The van der Waals surface area contributed by atoms with E-state index < -0.39 is 76.2 Å². The number of nitrogens with two attached hydrogens (primary N) is 1. The van der Waals surface area contributed by atoms with Gasteiger partial charge in [-0.15, -0.1) is 12.4 Å². The minimum Gasteiger partial charge on any atom is -0.484 e. The number of carbonyl (C=O) groups is 1. The molecule has 0 unspecified atom stereocenters. The highest BCUT2D eigenvalue weighted by atomic mass is 35.5. The van der Waals surface area contributed by atoms with Crippen LogP contribution in [0.1, 0.15) is 76.6 Å². The molecule has 0 aliphatic carbocycles. The van der Waals surface area contributed by atoms with Crippen molar-refractivity contribution in [1.82, 2.24) is 0 Å². The van der Waals surface area contributed by atoms with Gasteiger partial charge >= 0.3 is 5.97 Å². The van der Waals surface area contributed by atoms with Crippen molar-refractivity contribution in [3.05, 3.63) is 0 Å². The molecule has 0 amide bonds. The van der Waals surface area contributed by atoms with Crippen LogP contribution < -0.4 is 5.73 Å². The second-order valence-corrected chi connectivity index (χ2v) is 2.38. The number of rotatable bonds is 8. The van der Waals surface area contributed by atoms with Gasteiger partial charge < -0.3 is 15.6 Å². The predicted octanol–water partition coefficient (Wildman–Crippen LogP) is 2.84. The van der Waals surface area contributed by atoms with Gasteiger partial charge in [0.2, 0.25) is 0 Å². The minimum absolute atomic E-state index is 0. The maximum Gasteiger partial charge on any atom is 0.325 e. The summed E-state index contributed by atoms with van der Waals surface area (Å²) in [6.45, 7) is -7.76. The molecule has 0 aliphatic rings. The van der Waals surface area contributed by atoms with Crippen LogP contribution >= 0.6 is 12.4 Å². The summed E-state index contributed by atoms with van der Waals surface area (Å²) in [5.74, 6) is -3.75. The molecule has 6 nitrogen and oxygen atoms in total. The number of ether oxygens (including phenoxy) is 1. The molecule has 0 radical (unpaired) electrons. The van der Waals surface area contributed by atoms with Crippen LogP contribution in [0, 0.1) is 5.41 Å². The fraction of sp³-hybridized carbons (Fsp3) is 0.769. The monoisotopic (exact) mass is 327 g/mol. The van der Waals surface area contributed by atoms with E-state index in [1.54, 1.807) is 0 Å². The average molecular weight is 328 g/mol. The van der Waals surface area contributed by atoms with E-state index in [2.05, 4.69) is 9.73 Å². The Morgan fingerprint density at radius 2 is 1.95 bits per heavy atom. The summed E-state index contributed by atoms with van der Waals surface area (Å²) < 4.78 is 134. The van der Waals surface area contributed by atoms with Gasteiger partial charge in [-0.3, -0.25) is 15.2 Å². The zero-order valence-electron chi connectivity index (χ0n) is 28.4. The van der Waals surface area contributed by atoms with Crippen LogP contribution in [0.5, 0.6) is 0 Å². The smallest absolute Gasteiger partial charge is 0.325 e. The molecule has 0 heterocycles. The molecule has 0 saturated heterocycles. The van der Waals surface area contributed by atoms with Crippen LogP contribution in [0.4, 0.5) is 0 Å². The second kappa shape index (κ2) is 17.7. The number of nitrogens with one attached hydrogen (secondary N) is 1. The van der Waals surface area contributed by atoms with Gasteiger partial charge in [0.15, 0.2) is 5.90 Å². The lowest BCUT2D eigenvalue weighted by Crippen LogP contribution is -2.14. The third-order valence-electron chi connectivity index (χ3n) is 1.08. The average Bonchev–Trinajstić information content (AvgIpc) is 2.69. The van der Waals surface area contributed by atoms with Gasteiger partial charge in [0.25, 0.3) is 0 Å². The molecule has 0 atom stereocenters. The SMILES string of the molecule is Cl.[2H]C([2H])([2H])C([2H])([2H])C([2H])([2H])C([2H])([2H])C(=N)OC.[2H]C([2H])([2H])C([2H])([2H])C([2H])([2H])C([2H])([2H])C(N)=NCC(=O)O. The van der Waals surface area contributed by atoms with Crippen LogP contribution in [0.3, 0.4) is 0 Å². The first-order valence-electron chi connectivity index (χ1n) is 13.5. The molecule has 0 fully saturated rings. The van der Waals surface area contributed by atoms with Gasteiger partial charge in [-0.1, -0.05) is 26.4 Å². The molecule has 20 heavy (non-hydrogen) atoms. The maximum absolute atomic E-state index is 10.3. The molecule has 0 saturated carbocycles. The Hall–Kier alpha value is -1.30. The van der Waals surface area contributed by atoms with Gasteiger partial charge in [-0.25, -0.2) is 0 Å². The lowest BCUT2D eigenvalue weighted by Gasteiger charge is -1.97. The summed E-state index contributed by atoms with van der Waals surface area (Å²) in [6, 6.07) is 0. The van der Waals surface area contributed by atoms with E-state index in [1.165, 1.54) is 0 Å². The number of halogens is 1. The number of nitrogens with zero attached hydrogens (tertiary/aromatic N) is 1. The summed E-state index contributed by atoms with van der Waals surface area (Å²) >= 11 is 0. The fourth-order valence-corrected chi connectivity index (χ4v) is 0.427. The maximum atomic E-state index is 10.3. The van der Waals surface area contributed by atoms with Gasteiger partial charge in [0, 0.05) is 37.4 Å². The minimum atomic E-state index is -3.56. The van der Waals surface area contributed by atoms with Crippen molar-refractivity contribution in [3.63, 3.8) is 0 Å². The van der Waals surface area contributed by atoms with E-state index in [0.717, 1.165) is 7.11 Å². The predicted molar refractivity (Wildman–Crippen MR) is 85.2 cm³/mol. The van der Waals surface area contributed by atoms with Gasteiger partial charge in [-0.2, -0.15) is 0 Å². The quantitative estimate of drug-likeness (QED) is 0.470. The summed E-state index contributed by atoms with van der Waals surface area (Å²) in [6.07, 6.45) is -20.5. The Kier molecular flexibility index (Phi) is 4.57. The van der Waals surface area contributed by atoms with Gasteiger partial charge in [0.1, 0.15) is 6.54 Å². The standard InChI is InChI=1S/C7H14N2O2.C6H13NO.ClH/c1-2-3-4-6(8)9-5-7(10)11;1-3-4-5-6(7)8-2;/h2-5H2,1H3,(H2,8,9)(H,10,11);7H,3-5H2,1-2H3;1H/i1D3,2D2,3D2,4D2;1D3,3D2,4D2,5D2;. The summed E-state index contributed by atoms with van der Waals surface area (Å²) in [5.41, 5.74) is 5.15. The van der Waals surface area contributed by atoms with Crippen molar-refractivity contribution >= 4 is 30.1 Å². The molecule has 0 bridgehead atoms. The third kappa shape index (κ3) is 21.9. The molecule has 0 rings (SSSR count). The molecular weight excluding hydrogens is 282 g/mol. The molecule has 120 valence electrons. The molecule has 7 heteroatoms. The lowest BCUT2D eigenvalue weighted by atomic mass is 10.2. The molecule has 0 aliphatic heterocycles. The van der Waals surface area contributed by atoms with E-state index >= 15 is 0 Å². The summed E-state index contributed by atoms with van der Waals surface area (Å²) in [4.78, 5) is 13.4. The second-order valence-electron chi connectivity index (χ2n) is 2.38. The topological polar surface area (TPSA) is 109 Å². The molecule has 0 aromatic rings. The van der Waals surface area contributed by atoms with E-state index in [4.69, 9.17) is 40.9 Å². The molecular formula is C13H28ClN3O3. The number of hydrogen-bond acceptors (Lipinski definition) is 4. The molecule has 0 aromatic heterocycles. The zero-order chi connectivity index (χ0) is 30.9. The molecule has 4 N–H and O–H groups in total. The van der Waals surface area contributed by atoms with Crippen molar-refractivity contribution in [3.8, 4) is 0 Å². The number of carboxylic acids is 1. The van der Waals surface area contributed by atoms with Crippen LogP contribution in [0.2, 0.25) is 0 Å². The van der Waals surface area contributed by atoms with Gasteiger partial charge in [-0.05, 0) is 12.7 Å². The van der Waals surface area contributed by atoms with Crippen molar-refractivity contribution in [1.29, 1.82) is 5.41 Å². The Morgan fingerprint density at radius 3 is 2.40 bits per heavy atom. The number of methoxy groups -OCH3 is 1. The Morgan fingerprint density at radius 1 is 1.40 bits per heavy atom. The van der Waals surface area contributed by atoms with Crippen molar-refractivity contribution in [2.45, 2.75) is 51.9 Å². The summed E-state index contributed by atoms with van der Waals surface area (Å²) in [7, 11) is 0.918. The first kappa shape index (κ1) is 5.16. The van der Waals surface area contributed by atoms with Crippen molar-refractivity contribution < 1.29 is 39.3 Å². The lowest BCUT2D eigenvalue weighted by molar-refractivity contribution is -0.135. The Labute approximate surface area is 153 Å². The van der Waals surface area contributed by atoms with E-state index in [0.29, 0.717) is 0 Å². The van der Waals surface area contributed by atoms with Crippen LogP contribution in [0.25, 0.3) is 0 Å². The number of amidine groups is 1. The number of aliphatic carboxylic acids is 1. The van der Waals surface area contributed by atoms with Crippen molar-refractivity contribution in [2.75, 3.05) is 13.7 Å². The number of aliphatic imine (C=N–C) groups is 1. The number of hydrogen-bond donors (Lipinski definition) is 3. The Bertz CT molecular complexity index is 868. The van der Waals surface area contributed by atoms with Crippen LogP contribution in [0.15, 0.2) is 4.99 Å². The first-order chi connectivity index (χ1) is 15.8. The van der Waals surface area contributed by atoms with Crippen LogP contribution in [-0.2, 0) is 9.53 Å². The highest BCUT2D eigenvalue weighted by Crippen LogP contribution is 1.94. The highest BCUT2D eigenvalue weighted by Gasteiger charge is 1.94. The molecule has 0 aromatic carbocycles. The largest absolute Gasteiger partial charge is 0.484 e. The first-order valence-corrected chi connectivity index (χ1v) is 4.47. The highest BCUT2D eigenvalue weighted by molar-refractivity contribution is 5.85. The third-order valence-corrected chi connectivity index (χ3v) is 1.08. The fourth-order valence-electron chi connectivity index (χ4n) is 0.427. The number of carboxylic acid groups (broad SMARTS) is 1. The molecule has 0 spiro atoms. The Balaban J connectivity index is -0.000000636. The summed E-state index contributed by atoms with van der Waals surface area (Å²) in [5, 5.41) is 15.5. The van der Waals surface area contributed by atoms with Gasteiger partial charge in [0.05, 0.1) is 12.9 Å². The van der Waals surface area contributed by atoms with E-state index in [9.17, 15) is 4.79 Å². The van der Waals surface area contributed by atoms with E-state index in [-0.39, 0.29) is 12.4 Å². The van der Waals surface area contributed by atoms with Crippen molar-refractivity contribution in [2.24, 2.45) is 10.7 Å². The van der Waals surface area contributed by atoms with Crippen LogP contribution in [-0.4, -0.2) is 36.5 Å².